The summed E-state index contributed by atoms with van der Waals surface area (Å²) in [4.78, 5) is 13.7. The van der Waals surface area contributed by atoms with Gasteiger partial charge in [0.05, 0.1) is 16.1 Å². The monoisotopic (exact) mass is 333 g/mol. The summed E-state index contributed by atoms with van der Waals surface area (Å²) < 4.78 is 15.8. The molecule has 0 aliphatic carbocycles. The van der Waals surface area contributed by atoms with Gasteiger partial charge >= 0.3 is 0 Å². The Bertz CT molecular complexity index is 870. The molecule has 3 heterocycles. The number of hydrogen-bond acceptors (Lipinski definition) is 4. The Labute approximate surface area is 138 Å². The first-order chi connectivity index (χ1) is 11.2. The molecule has 2 aromatic heterocycles. The molecular formula is C16H17ClFN5. The molecule has 0 unspecified atom stereocenters. The lowest BCUT2D eigenvalue weighted by Crippen LogP contribution is -2.46. The summed E-state index contributed by atoms with van der Waals surface area (Å²) in [6.07, 6.45) is 3.60. The number of fused-ring (bicyclic) bond motifs is 3. The molecule has 1 fully saturated rings. The third kappa shape index (κ3) is 2.42. The lowest BCUT2D eigenvalue weighted by Gasteiger charge is -2.34. The van der Waals surface area contributed by atoms with Crippen LogP contribution in [-0.4, -0.2) is 52.0 Å². The van der Waals surface area contributed by atoms with Crippen molar-refractivity contribution in [1.29, 1.82) is 0 Å². The number of halogens is 2. The number of benzene rings is 1. The number of nitrogens with zero attached hydrogens (tertiary/aromatic N) is 5. The second-order valence-corrected chi connectivity index (χ2v) is 6.14. The van der Waals surface area contributed by atoms with Crippen LogP contribution in [0.1, 0.15) is 6.92 Å². The van der Waals surface area contributed by atoms with Gasteiger partial charge in [-0.05, 0) is 12.6 Å². The first-order valence-electron chi connectivity index (χ1n) is 7.76. The van der Waals surface area contributed by atoms with Gasteiger partial charge in [0.15, 0.2) is 11.5 Å². The molecule has 0 amide bonds. The molecule has 0 spiro atoms. The van der Waals surface area contributed by atoms with Crippen LogP contribution in [0.5, 0.6) is 0 Å². The molecule has 0 N–H and O–H groups in total. The van der Waals surface area contributed by atoms with E-state index in [0.29, 0.717) is 5.52 Å². The van der Waals surface area contributed by atoms with E-state index in [1.807, 2.05) is 10.6 Å². The molecule has 0 bridgehead atoms. The predicted octanol–water partition coefficient (Wildman–Crippen LogP) is 2.82. The largest absolute Gasteiger partial charge is 0.351 e. The van der Waals surface area contributed by atoms with Crippen molar-refractivity contribution in [2.75, 3.05) is 37.6 Å². The van der Waals surface area contributed by atoms with E-state index in [9.17, 15) is 4.39 Å². The molecule has 5 nitrogen and oxygen atoms in total. The number of imidazole rings is 1. The number of rotatable bonds is 2. The van der Waals surface area contributed by atoms with E-state index in [1.165, 1.54) is 6.07 Å². The highest BCUT2D eigenvalue weighted by Gasteiger charge is 2.21. The van der Waals surface area contributed by atoms with Crippen molar-refractivity contribution in [2.24, 2.45) is 0 Å². The van der Waals surface area contributed by atoms with Crippen molar-refractivity contribution in [3.8, 4) is 0 Å². The molecule has 3 aromatic rings. The van der Waals surface area contributed by atoms with Crippen molar-refractivity contribution in [1.82, 2.24) is 19.3 Å². The van der Waals surface area contributed by atoms with Gasteiger partial charge in [0.25, 0.3) is 0 Å². The van der Waals surface area contributed by atoms with Gasteiger partial charge in [-0.25, -0.2) is 14.4 Å². The smallest absolute Gasteiger partial charge is 0.180 e. The van der Waals surface area contributed by atoms with Crippen LogP contribution in [0, 0.1) is 5.82 Å². The van der Waals surface area contributed by atoms with E-state index in [4.69, 9.17) is 11.6 Å². The normalized spacial score (nSPS) is 16.6. The van der Waals surface area contributed by atoms with E-state index in [0.717, 1.165) is 49.7 Å². The van der Waals surface area contributed by atoms with Crippen LogP contribution in [0.25, 0.3) is 16.7 Å². The van der Waals surface area contributed by atoms with Crippen molar-refractivity contribution < 1.29 is 4.39 Å². The highest BCUT2D eigenvalue weighted by Crippen LogP contribution is 2.27. The van der Waals surface area contributed by atoms with Gasteiger partial charge in [-0.15, -0.1) is 0 Å². The molecule has 1 aromatic carbocycles. The van der Waals surface area contributed by atoms with Crippen molar-refractivity contribution in [2.45, 2.75) is 6.92 Å². The summed E-state index contributed by atoms with van der Waals surface area (Å²) in [7, 11) is 0. The summed E-state index contributed by atoms with van der Waals surface area (Å²) in [6.45, 7) is 7.01. The van der Waals surface area contributed by atoms with Crippen LogP contribution in [-0.2, 0) is 0 Å². The van der Waals surface area contributed by atoms with Crippen LogP contribution in [0.3, 0.4) is 0 Å². The summed E-state index contributed by atoms with van der Waals surface area (Å²) >= 11 is 5.92. The van der Waals surface area contributed by atoms with Crippen LogP contribution >= 0.6 is 11.6 Å². The van der Waals surface area contributed by atoms with Gasteiger partial charge in [0, 0.05) is 44.6 Å². The zero-order chi connectivity index (χ0) is 16.0. The van der Waals surface area contributed by atoms with Crippen LogP contribution in [0.2, 0.25) is 5.02 Å². The Hall–Kier alpha value is -1.92. The molecular weight excluding hydrogens is 317 g/mol. The molecule has 7 heteroatoms. The van der Waals surface area contributed by atoms with Gasteiger partial charge in [0.1, 0.15) is 5.82 Å². The number of piperazine rings is 1. The molecule has 1 aliphatic rings. The zero-order valence-electron chi connectivity index (χ0n) is 12.8. The minimum atomic E-state index is -0.451. The molecule has 120 valence electrons. The van der Waals surface area contributed by atoms with Crippen molar-refractivity contribution in [3.05, 3.63) is 35.4 Å². The fraction of sp³-hybridized carbons (Fsp3) is 0.375. The first kappa shape index (κ1) is 14.7. The SMILES string of the molecule is CCN1CCN(c2nc3cc(F)c(Cl)cc3n3ccnc23)CC1. The highest BCUT2D eigenvalue weighted by molar-refractivity contribution is 6.31. The van der Waals surface area contributed by atoms with E-state index in [2.05, 4.69) is 26.7 Å². The van der Waals surface area contributed by atoms with Gasteiger partial charge in [0.2, 0.25) is 0 Å². The number of hydrogen-bond donors (Lipinski definition) is 0. The Morgan fingerprint density at radius 1 is 1.22 bits per heavy atom. The zero-order valence-corrected chi connectivity index (χ0v) is 13.6. The number of likely N-dealkylation sites (N-methyl/N-ethyl adjacent to an activating group) is 1. The summed E-state index contributed by atoms with van der Waals surface area (Å²) in [5, 5.41) is 0.0959. The Morgan fingerprint density at radius 3 is 2.74 bits per heavy atom. The molecule has 1 aliphatic heterocycles. The van der Waals surface area contributed by atoms with Gasteiger partial charge in [-0.2, -0.15) is 0 Å². The van der Waals surface area contributed by atoms with Crippen LogP contribution in [0.4, 0.5) is 10.2 Å². The van der Waals surface area contributed by atoms with Gasteiger partial charge in [-0.1, -0.05) is 18.5 Å². The number of anilines is 1. The third-order valence-corrected chi connectivity index (χ3v) is 4.75. The lowest BCUT2D eigenvalue weighted by atomic mass is 10.2. The van der Waals surface area contributed by atoms with E-state index in [1.54, 1.807) is 12.3 Å². The maximum Gasteiger partial charge on any atom is 0.180 e. The molecule has 0 radical (unpaired) electrons. The second kappa shape index (κ2) is 5.62. The minimum Gasteiger partial charge on any atom is -0.351 e. The highest BCUT2D eigenvalue weighted by atomic mass is 35.5. The minimum absolute atomic E-state index is 0.0959. The summed E-state index contributed by atoms with van der Waals surface area (Å²) in [5.74, 6) is 0.354. The number of aromatic nitrogens is 3. The molecule has 23 heavy (non-hydrogen) atoms. The Morgan fingerprint density at radius 2 is 2.00 bits per heavy atom. The Balaban J connectivity index is 1.85. The summed E-state index contributed by atoms with van der Waals surface area (Å²) in [5.41, 5.74) is 2.13. The maximum absolute atomic E-state index is 13.8. The van der Waals surface area contributed by atoms with Crippen LogP contribution in [0.15, 0.2) is 24.5 Å². The topological polar surface area (TPSA) is 36.7 Å². The Kier molecular flexibility index (Phi) is 3.58. The first-order valence-corrected chi connectivity index (χ1v) is 8.14. The maximum atomic E-state index is 13.8. The molecule has 0 atom stereocenters. The van der Waals surface area contributed by atoms with E-state index >= 15 is 0 Å². The molecule has 1 saturated heterocycles. The quantitative estimate of drug-likeness (QED) is 0.722. The third-order valence-electron chi connectivity index (χ3n) is 4.46. The fourth-order valence-electron chi connectivity index (χ4n) is 3.12. The predicted molar refractivity (Wildman–Crippen MR) is 89.8 cm³/mol. The molecule has 4 rings (SSSR count). The van der Waals surface area contributed by atoms with Crippen molar-refractivity contribution >= 4 is 34.1 Å². The van der Waals surface area contributed by atoms with E-state index in [-0.39, 0.29) is 5.02 Å². The standard InChI is InChI=1S/C16H17ClFN5/c1-2-21-5-7-22(8-6-21)16-15-19-3-4-23(15)14-9-11(17)12(18)10-13(14)20-16/h3-4,9-10H,2,5-8H2,1H3. The summed E-state index contributed by atoms with van der Waals surface area (Å²) in [6, 6.07) is 3.00. The van der Waals surface area contributed by atoms with Gasteiger partial charge in [-0.3, -0.25) is 4.40 Å². The van der Waals surface area contributed by atoms with Crippen molar-refractivity contribution in [3.63, 3.8) is 0 Å². The average Bonchev–Trinajstić information content (AvgIpc) is 3.05. The van der Waals surface area contributed by atoms with Gasteiger partial charge < -0.3 is 9.80 Å². The van der Waals surface area contributed by atoms with Crippen LogP contribution < -0.4 is 4.90 Å². The second-order valence-electron chi connectivity index (χ2n) is 5.73. The average molecular weight is 334 g/mol. The molecule has 0 saturated carbocycles. The lowest BCUT2D eigenvalue weighted by molar-refractivity contribution is 0.270. The van der Waals surface area contributed by atoms with E-state index < -0.39 is 5.82 Å². The fourth-order valence-corrected chi connectivity index (χ4v) is 3.28.